The topological polar surface area (TPSA) is 56.0 Å². The summed E-state index contributed by atoms with van der Waals surface area (Å²) < 4.78 is 18.3. The van der Waals surface area contributed by atoms with Crippen molar-refractivity contribution in [3.8, 4) is 11.5 Å². The Morgan fingerprint density at radius 3 is 2.54 bits per heavy atom. The molecule has 0 amide bonds. The Bertz CT molecular complexity index is 884. The van der Waals surface area contributed by atoms with Crippen molar-refractivity contribution in [2.75, 3.05) is 5.75 Å². The summed E-state index contributed by atoms with van der Waals surface area (Å²) in [5, 5.41) is 8.87. The predicted molar refractivity (Wildman–Crippen MR) is 91.2 cm³/mol. The zero-order valence-corrected chi connectivity index (χ0v) is 14.3. The third-order valence-electron chi connectivity index (χ3n) is 3.07. The number of ketones is 1. The van der Waals surface area contributed by atoms with Gasteiger partial charge in [-0.15, -0.1) is 10.2 Å². The van der Waals surface area contributed by atoms with Crippen LogP contribution in [0.1, 0.15) is 10.4 Å². The van der Waals surface area contributed by atoms with E-state index in [-0.39, 0.29) is 28.5 Å². The van der Waals surface area contributed by atoms with Crippen LogP contribution in [0.3, 0.4) is 0 Å². The second kappa shape index (κ2) is 7.34. The standard InChI is InChI=1S/C16H9Cl2FN2O2S/c17-12-6-3-10(7-13(12)18)15-20-21-16(23-15)24-8-14(22)9-1-4-11(19)5-2-9/h1-7H,8H2. The highest BCUT2D eigenvalue weighted by Crippen LogP contribution is 2.29. The number of aromatic nitrogens is 2. The first kappa shape index (κ1) is 17.0. The lowest BCUT2D eigenvalue weighted by atomic mass is 10.1. The van der Waals surface area contributed by atoms with Gasteiger partial charge in [-0.25, -0.2) is 4.39 Å². The quantitative estimate of drug-likeness (QED) is 0.450. The second-order valence-corrected chi connectivity index (χ2v) is 6.46. The summed E-state index contributed by atoms with van der Waals surface area (Å²) in [7, 11) is 0. The van der Waals surface area contributed by atoms with Crippen molar-refractivity contribution >= 4 is 40.7 Å². The van der Waals surface area contributed by atoms with Crippen molar-refractivity contribution in [2.24, 2.45) is 0 Å². The van der Waals surface area contributed by atoms with Crippen molar-refractivity contribution < 1.29 is 13.6 Å². The van der Waals surface area contributed by atoms with Gasteiger partial charge in [0.25, 0.3) is 5.22 Å². The molecule has 8 heteroatoms. The molecule has 0 fully saturated rings. The van der Waals surface area contributed by atoms with E-state index < -0.39 is 0 Å². The maximum Gasteiger partial charge on any atom is 0.277 e. The molecule has 3 rings (SSSR count). The van der Waals surface area contributed by atoms with E-state index in [0.717, 1.165) is 11.8 Å². The van der Waals surface area contributed by atoms with E-state index in [1.165, 1.54) is 24.3 Å². The Hall–Kier alpha value is -1.89. The van der Waals surface area contributed by atoms with Gasteiger partial charge in [-0.05, 0) is 42.5 Å². The lowest BCUT2D eigenvalue weighted by Crippen LogP contribution is -2.02. The molecule has 0 atom stereocenters. The molecule has 2 aromatic carbocycles. The van der Waals surface area contributed by atoms with Crippen LogP contribution in [-0.2, 0) is 0 Å². The predicted octanol–water partition coefficient (Wildman–Crippen LogP) is 5.16. The van der Waals surface area contributed by atoms with Gasteiger partial charge in [0.15, 0.2) is 5.78 Å². The average Bonchev–Trinajstić information content (AvgIpc) is 3.05. The minimum atomic E-state index is -0.387. The number of rotatable bonds is 5. The number of nitrogens with zero attached hydrogens (tertiary/aromatic N) is 2. The molecule has 0 radical (unpaired) electrons. The third-order valence-corrected chi connectivity index (χ3v) is 4.62. The Morgan fingerprint density at radius 2 is 1.83 bits per heavy atom. The minimum Gasteiger partial charge on any atom is -0.411 e. The van der Waals surface area contributed by atoms with E-state index in [0.29, 0.717) is 21.2 Å². The summed E-state index contributed by atoms with van der Waals surface area (Å²) >= 11 is 12.9. The first-order valence-electron chi connectivity index (χ1n) is 6.73. The summed E-state index contributed by atoms with van der Waals surface area (Å²) in [5.74, 6) is -0.156. The van der Waals surface area contributed by atoms with Gasteiger partial charge in [0.1, 0.15) is 5.82 Å². The summed E-state index contributed by atoms with van der Waals surface area (Å²) in [6, 6.07) is 10.3. The van der Waals surface area contributed by atoms with Crippen molar-refractivity contribution in [3.05, 3.63) is 63.9 Å². The normalized spacial score (nSPS) is 10.8. The number of thioether (sulfide) groups is 1. The maximum absolute atomic E-state index is 12.9. The summed E-state index contributed by atoms with van der Waals surface area (Å²) in [6.45, 7) is 0. The van der Waals surface area contributed by atoms with Crippen LogP contribution in [0.2, 0.25) is 10.0 Å². The molecule has 3 aromatic rings. The van der Waals surface area contributed by atoms with Crippen LogP contribution in [0.15, 0.2) is 52.1 Å². The maximum atomic E-state index is 12.9. The molecule has 1 aromatic heterocycles. The minimum absolute atomic E-state index is 0.106. The molecule has 0 unspecified atom stereocenters. The molecule has 4 nitrogen and oxygen atoms in total. The lowest BCUT2D eigenvalue weighted by Gasteiger charge is -1.99. The number of hydrogen-bond donors (Lipinski definition) is 0. The molecular formula is C16H9Cl2FN2O2S. The van der Waals surface area contributed by atoms with Gasteiger partial charge in [-0.3, -0.25) is 4.79 Å². The van der Waals surface area contributed by atoms with Gasteiger partial charge in [0, 0.05) is 11.1 Å². The van der Waals surface area contributed by atoms with Crippen LogP contribution in [0.4, 0.5) is 4.39 Å². The Balaban J connectivity index is 1.66. The van der Waals surface area contributed by atoms with Gasteiger partial charge >= 0.3 is 0 Å². The Labute approximate surface area is 151 Å². The number of hydrogen-bond acceptors (Lipinski definition) is 5. The highest BCUT2D eigenvalue weighted by atomic mass is 35.5. The van der Waals surface area contributed by atoms with E-state index in [1.54, 1.807) is 18.2 Å². The number of benzene rings is 2. The van der Waals surface area contributed by atoms with Gasteiger partial charge in [-0.1, -0.05) is 35.0 Å². The van der Waals surface area contributed by atoms with Crippen LogP contribution < -0.4 is 0 Å². The smallest absolute Gasteiger partial charge is 0.277 e. The highest BCUT2D eigenvalue weighted by Gasteiger charge is 2.13. The van der Waals surface area contributed by atoms with Gasteiger partial charge < -0.3 is 4.42 Å². The van der Waals surface area contributed by atoms with E-state index in [1.807, 2.05) is 0 Å². The highest BCUT2D eigenvalue weighted by molar-refractivity contribution is 7.99. The van der Waals surface area contributed by atoms with E-state index in [9.17, 15) is 9.18 Å². The van der Waals surface area contributed by atoms with Crippen LogP contribution in [-0.4, -0.2) is 21.7 Å². The number of carbonyl (C=O) groups excluding carboxylic acids is 1. The van der Waals surface area contributed by atoms with E-state index >= 15 is 0 Å². The van der Waals surface area contributed by atoms with E-state index in [4.69, 9.17) is 27.6 Å². The van der Waals surface area contributed by atoms with Crippen LogP contribution in [0, 0.1) is 5.82 Å². The molecule has 0 aliphatic carbocycles. The number of carbonyl (C=O) groups is 1. The van der Waals surface area contributed by atoms with Gasteiger partial charge in [-0.2, -0.15) is 0 Å². The zero-order chi connectivity index (χ0) is 17.1. The largest absolute Gasteiger partial charge is 0.411 e. The van der Waals surface area contributed by atoms with Crippen molar-refractivity contribution in [1.29, 1.82) is 0 Å². The molecule has 0 bridgehead atoms. The van der Waals surface area contributed by atoms with Crippen LogP contribution in [0.25, 0.3) is 11.5 Å². The molecule has 0 spiro atoms. The molecule has 0 aliphatic heterocycles. The fraction of sp³-hybridized carbons (Fsp3) is 0.0625. The molecule has 24 heavy (non-hydrogen) atoms. The number of Topliss-reactive ketones (excluding diaryl/α,β-unsaturated/α-hetero) is 1. The fourth-order valence-electron chi connectivity index (χ4n) is 1.86. The lowest BCUT2D eigenvalue weighted by molar-refractivity contribution is 0.102. The zero-order valence-electron chi connectivity index (χ0n) is 12.0. The molecule has 0 saturated carbocycles. The molecule has 122 valence electrons. The molecule has 1 heterocycles. The van der Waals surface area contributed by atoms with Crippen LogP contribution >= 0.6 is 35.0 Å². The average molecular weight is 383 g/mol. The summed E-state index contributed by atoms with van der Waals surface area (Å²) in [4.78, 5) is 12.0. The van der Waals surface area contributed by atoms with Crippen molar-refractivity contribution in [1.82, 2.24) is 10.2 Å². The number of halogens is 3. The SMILES string of the molecule is O=C(CSc1nnc(-c2ccc(Cl)c(Cl)c2)o1)c1ccc(F)cc1. The third kappa shape index (κ3) is 3.95. The monoisotopic (exact) mass is 382 g/mol. The molecule has 0 aliphatic rings. The molecule has 0 N–H and O–H groups in total. The first-order chi connectivity index (χ1) is 11.5. The Kier molecular flexibility index (Phi) is 5.18. The van der Waals surface area contributed by atoms with Gasteiger partial charge in [0.2, 0.25) is 5.89 Å². The summed E-state index contributed by atoms with van der Waals surface area (Å²) in [6.07, 6.45) is 0. The Morgan fingerprint density at radius 1 is 1.08 bits per heavy atom. The van der Waals surface area contributed by atoms with Crippen molar-refractivity contribution in [2.45, 2.75) is 5.22 Å². The van der Waals surface area contributed by atoms with Gasteiger partial charge in [0.05, 0.1) is 15.8 Å². The first-order valence-corrected chi connectivity index (χ1v) is 8.47. The molecule has 0 saturated heterocycles. The second-order valence-electron chi connectivity index (χ2n) is 4.72. The van der Waals surface area contributed by atoms with Crippen molar-refractivity contribution in [3.63, 3.8) is 0 Å². The fourth-order valence-corrected chi connectivity index (χ4v) is 2.82. The van der Waals surface area contributed by atoms with E-state index in [2.05, 4.69) is 10.2 Å². The molecular weight excluding hydrogens is 374 g/mol. The summed E-state index contributed by atoms with van der Waals surface area (Å²) in [5.41, 5.74) is 1.06. The van der Waals surface area contributed by atoms with Crippen LogP contribution in [0.5, 0.6) is 0 Å².